The van der Waals surface area contributed by atoms with E-state index in [4.69, 9.17) is 43.3 Å². The van der Waals surface area contributed by atoms with Gasteiger partial charge in [-0.05, 0) is 118 Å². The molecule has 2 fully saturated rings. The predicted molar refractivity (Wildman–Crippen MR) is 230 cm³/mol. The van der Waals surface area contributed by atoms with Crippen LogP contribution in [-0.2, 0) is 43.0 Å². The third-order valence-electron chi connectivity index (χ3n) is 10.3. The van der Waals surface area contributed by atoms with E-state index in [1.165, 1.54) is 42.5 Å². The SMILES string of the molecule is C=CC(=O)OCC(COc1ccc(OC)cc1)OC(=O)CC.C=CC(=O)Oc1ccc(OC(=O)C2CCC(C(=O)Oc3ccc(OC(=O)C4CCC(C=O)CC4)cc3C=N)CC2)cc1. The van der Waals surface area contributed by atoms with Crippen molar-refractivity contribution in [3.63, 3.8) is 0 Å². The zero-order valence-electron chi connectivity index (χ0n) is 35.9. The summed E-state index contributed by atoms with van der Waals surface area (Å²) < 4.78 is 42.2. The van der Waals surface area contributed by atoms with E-state index in [2.05, 4.69) is 13.2 Å². The molecule has 64 heavy (non-hydrogen) atoms. The highest BCUT2D eigenvalue weighted by Gasteiger charge is 2.33. The number of methoxy groups -OCH3 is 1. The van der Waals surface area contributed by atoms with Gasteiger partial charge >= 0.3 is 35.8 Å². The maximum absolute atomic E-state index is 12.9. The van der Waals surface area contributed by atoms with Gasteiger partial charge in [0.25, 0.3) is 0 Å². The van der Waals surface area contributed by atoms with E-state index in [1.807, 2.05) is 0 Å². The smallest absolute Gasteiger partial charge is 0.335 e. The number of hydrogen-bond acceptors (Lipinski definition) is 16. The predicted octanol–water partition coefficient (Wildman–Crippen LogP) is 7.13. The number of esters is 6. The summed E-state index contributed by atoms with van der Waals surface area (Å²) in [5.74, 6) is -1.49. The van der Waals surface area contributed by atoms with Gasteiger partial charge in [0.1, 0.15) is 54.0 Å². The van der Waals surface area contributed by atoms with E-state index < -0.39 is 41.9 Å². The van der Waals surface area contributed by atoms with Crippen molar-refractivity contribution in [2.24, 2.45) is 23.7 Å². The molecule has 2 saturated carbocycles. The van der Waals surface area contributed by atoms with Crippen LogP contribution in [0.15, 0.2) is 92.0 Å². The van der Waals surface area contributed by atoms with Gasteiger partial charge < -0.3 is 48.1 Å². The van der Waals surface area contributed by atoms with Gasteiger partial charge in [0.15, 0.2) is 6.10 Å². The summed E-state index contributed by atoms with van der Waals surface area (Å²) in [7, 11) is 1.57. The summed E-state index contributed by atoms with van der Waals surface area (Å²) in [6, 6.07) is 17.5. The van der Waals surface area contributed by atoms with Crippen molar-refractivity contribution in [2.75, 3.05) is 20.3 Å². The molecule has 0 saturated heterocycles. The van der Waals surface area contributed by atoms with Crippen LogP contribution in [0.25, 0.3) is 0 Å². The molecule has 0 spiro atoms. The average molecular weight is 884 g/mol. The molecule has 1 N–H and O–H groups in total. The molecule has 0 amide bonds. The molecule has 16 heteroatoms. The summed E-state index contributed by atoms with van der Waals surface area (Å²) in [5, 5.41) is 7.74. The molecule has 3 aromatic carbocycles. The first-order chi connectivity index (χ1) is 30.9. The monoisotopic (exact) mass is 883 g/mol. The van der Waals surface area contributed by atoms with Crippen molar-refractivity contribution in [3.8, 4) is 34.5 Å². The number of aldehydes is 1. The molecular weight excluding hydrogens is 831 g/mol. The molecule has 340 valence electrons. The normalized spacial score (nSPS) is 18.1. The van der Waals surface area contributed by atoms with Crippen molar-refractivity contribution in [1.82, 2.24) is 0 Å². The van der Waals surface area contributed by atoms with Crippen LogP contribution in [0.2, 0.25) is 0 Å². The van der Waals surface area contributed by atoms with Crippen molar-refractivity contribution in [1.29, 1.82) is 5.41 Å². The second-order valence-corrected chi connectivity index (χ2v) is 14.8. The second-order valence-electron chi connectivity index (χ2n) is 14.8. The lowest BCUT2D eigenvalue weighted by atomic mass is 9.82. The lowest BCUT2D eigenvalue weighted by molar-refractivity contribution is -0.158. The minimum atomic E-state index is -0.682. The van der Waals surface area contributed by atoms with Crippen LogP contribution in [0, 0.1) is 29.1 Å². The van der Waals surface area contributed by atoms with Crippen LogP contribution < -0.4 is 28.4 Å². The van der Waals surface area contributed by atoms with E-state index in [0.29, 0.717) is 79.9 Å². The molecule has 0 aromatic heterocycles. The Labute approximate surface area is 371 Å². The Morgan fingerprint density at radius 2 is 1.12 bits per heavy atom. The highest BCUT2D eigenvalue weighted by Crippen LogP contribution is 2.34. The van der Waals surface area contributed by atoms with E-state index in [-0.39, 0.29) is 54.9 Å². The van der Waals surface area contributed by atoms with E-state index in [9.17, 15) is 33.6 Å². The van der Waals surface area contributed by atoms with Crippen molar-refractivity contribution in [3.05, 3.63) is 97.6 Å². The highest BCUT2D eigenvalue weighted by molar-refractivity contribution is 5.86. The standard InChI is InChI=1S/C32H33NO9.C16H20O6/c1-2-29(35)39-25-11-13-26(14-12-25)40-30(36)22-7-9-23(10-8-22)32(38)42-28-16-15-27(17-24(28)18-33)41-31(37)21-5-3-20(19-34)4-6-21;1-4-15(17)21-11-14(22-16(18)5-2)10-20-13-8-6-12(19-3)7-9-13/h2,11-23,33H,1,3-10H2;4,6-9,14H,1,5,10-11H2,2-3H3. The topological polar surface area (TPSA) is 217 Å². The Kier molecular flexibility index (Phi) is 19.9. The molecule has 2 aliphatic rings. The molecule has 3 aromatic rings. The Balaban J connectivity index is 0.000000344. The average Bonchev–Trinajstić information content (AvgIpc) is 3.33. The maximum atomic E-state index is 12.9. The maximum Gasteiger partial charge on any atom is 0.335 e. The summed E-state index contributed by atoms with van der Waals surface area (Å²) >= 11 is 0. The third kappa shape index (κ3) is 16.0. The third-order valence-corrected chi connectivity index (χ3v) is 10.3. The Morgan fingerprint density at radius 1 is 0.641 bits per heavy atom. The van der Waals surface area contributed by atoms with Crippen LogP contribution >= 0.6 is 0 Å². The Bertz CT molecular complexity index is 2100. The fourth-order valence-corrected chi connectivity index (χ4v) is 6.66. The molecule has 0 aliphatic heterocycles. The number of rotatable bonds is 19. The summed E-state index contributed by atoms with van der Waals surface area (Å²) in [4.78, 5) is 82.8. The minimum Gasteiger partial charge on any atom is -0.497 e. The summed E-state index contributed by atoms with van der Waals surface area (Å²) in [5.41, 5.74) is 0.292. The van der Waals surface area contributed by atoms with Crippen LogP contribution in [0.5, 0.6) is 34.5 Å². The molecule has 5 rings (SSSR count). The van der Waals surface area contributed by atoms with Crippen LogP contribution in [0.1, 0.15) is 70.3 Å². The van der Waals surface area contributed by atoms with Gasteiger partial charge in [-0.1, -0.05) is 20.1 Å². The molecule has 0 heterocycles. The Hall–Kier alpha value is -7.10. The van der Waals surface area contributed by atoms with E-state index >= 15 is 0 Å². The van der Waals surface area contributed by atoms with Gasteiger partial charge in [-0.25, -0.2) is 9.59 Å². The summed E-state index contributed by atoms with van der Waals surface area (Å²) in [6.45, 7) is 8.30. The zero-order valence-corrected chi connectivity index (χ0v) is 35.9. The lowest BCUT2D eigenvalue weighted by Crippen LogP contribution is -2.30. The van der Waals surface area contributed by atoms with Crippen LogP contribution in [0.3, 0.4) is 0 Å². The first kappa shape index (κ1) is 49.6. The second kappa shape index (κ2) is 25.7. The van der Waals surface area contributed by atoms with Crippen molar-refractivity contribution >= 4 is 48.3 Å². The quantitative estimate of drug-likeness (QED) is 0.0416. The number of ether oxygens (including phenoxy) is 8. The molecule has 2 aliphatic carbocycles. The molecule has 1 unspecified atom stereocenters. The van der Waals surface area contributed by atoms with Gasteiger partial charge in [-0.15, -0.1) is 0 Å². The van der Waals surface area contributed by atoms with E-state index in [1.54, 1.807) is 38.3 Å². The fourth-order valence-electron chi connectivity index (χ4n) is 6.66. The summed E-state index contributed by atoms with van der Waals surface area (Å²) in [6.07, 6.45) is 7.91. The number of nitrogens with one attached hydrogen (secondary N) is 1. The van der Waals surface area contributed by atoms with Gasteiger partial charge in [0.05, 0.1) is 24.9 Å². The molecule has 0 bridgehead atoms. The van der Waals surface area contributed by atoms with Gasteiger partial charge in [-0.3, -0.25) is 19.2 Å². The number of carbonyl (C=O) groups excluding carboxylic acids is 7. The van der Waals surface area contributed by atoms with Crippen LogP contribution in [0.4, 0.5) is 0 Å². The van der Waals surface area contributed by atoms with Crippen molar-refractivity contribution in [2.45, 2.75) is 70.8 Å². The largest absolute Gasteiger partial charge is 0.497 e. The molecule has 16 nitrogen and oxygen atoms in total. The van der Waals surface area contributed by atoms with E-state index in [0.717, 1.165) is 24.7 Å². The first-order valence-corrected chi connectivity index (χ1v) is 20.8. The van der Waals surface area contributed by atoms with Crippen LogP contribution in [-0.4, -0.2) is 74.7 Å². The van der Waals surface area contributed by atoms with Gasteiger partial charge in [0.2, 0.25) is 0 Å². The number of carbonyl (C=O) groups is 7. The lowest BCUT2D eigenvalue weighted by Gasteiger charge is -2.26. The molecule has 0 radical (unpaired) electrons. The van der Waals surface area contributed by atoms with Crippen molar-refractivity contribution < 1.29 is 71.5 Å². The Morgan fingerprint density at radius 3 is 1.64 bits per heavy atom. The number of hydrogen-bond donors (Lipinski definition) is 1. The zero-order chi connectivity index (χ0) is 46.4. The highest BCUT2D eigenvalue weighted by atomic mass is 16.6. The fraction of sp³-hybridized carbons (Fsp3) is 0.375. The minimum absolute atomic E-state index is 0.00205. The first-order valence-electron chi connectivity index (χ1n) is 20.8. The molecule has 1 atom stereocenters. The van der Waals surface area contributed by atoms with Gasteiger partial charge in [-0.2, -0.15) is 0 Å². The van der Waals surface area contributed by atoms with Gasteiger partial charge in [0, 0.05) is 36.3 Å². The molecular formula is C48H53NO15. The number of benzene rings is 3.